The number of hydrogen-bond acceptors (Lipinski definition) is 16. The molecule has 1 fully saturated rings. The Hall–Kier alpha value is -14.7. The third-order valence-corrected chi connectivity index (χ3v) is 21.1. The Morgan fingerprint density at radius 3 is 1.79 bits per heavy atom. The maximum atomic E-state index is 13.5. The van der Waals surface area contributed by atoms with Crippen molar-refractivity contribution in [3.05, 3.63) is 329 Å². The number of anilines is 2. The van der Waals surface area contributed by atoms with E-state index in [1.807, 2.05) is 126 Å². The van der Waals surface area contributed by atoms with Crippen molar-refractivity contribution < 1.29 is 42.7 Å². The maximum Gasteiger partial charge on any atom is 0.287 e. The van der Waals surface area contributed by atoms with Crippen LogP contribution in [0.3, 0.4) is 0 Å². The number of furan rings is 1. The van der Waals surface area contributed by atoms with Crippen LogP contribution in [0.2, 0.25) is 5.02 Å². The van der Waals surface area contributed by atoms with Crippen LogP contribution in [0.25, 0.3) is 72.2 Å². The molecular weight excluding hydrogens is 1530 g/mol. The summed E-state index contributed by atoms with van der Waals surface area (Å²) in [7, 11) is 3.73. The molecule has 16 aromatic rings. The summed E-state index contributed by atoms with van der Waals surface area (Å²) in [6.45, 7) is 6.35. The summed E-state index contributed by atoms with van der Waals surface area (Å²) >= 11 is 6.11. The summed E-state index contributed by atoms with van der Waals surface area (Å²) < 4.78 is 30.0. The van der Waals surface area contributed by atoms with E-state index >= 15 is 0 Å². The number of benzene rings is 8. The van der Waals surface area contributed by atoms with Crippen LogP contribution in [0, 0.1) is 10.1 Å². The lowest BCUT2D eigenvalue weighted by atomic mass is 10.0. The van der Waals surface area contributed by atoms with Gasteiger partial charge in [-0.15, -0.1) is 0 Å². The second kappa shape index (κ2) is 35.6. The standard InChI is InChI=1S/C32H30N6O.C30H28ClN5O3.C29H24N6O6/c1-2-17-38-30(24-12-14-26(15-13-24)37-18-16-33-22-37)21-34-31(38)28(19-23-8-4-3-5-9-23)36-32(39)29-20-25-10-6-7-11-27(25)35-29;1-35-26(20-5-8-24(9-6-20)36-12-14-38-15-13-36)19-33-29(35)25(18-23-4-2-3-11-32-23)34-30(37)28-17-21-16-22(31)7-10-27(21)39-28;1-34-24(17-6-9-20(10-7-17)35(38)39)15-30-28(34)22(33-29(37)23-12-18-4-2-3-5-21(18)32-23)14-27(36)31-19-8-11-25-26(13-19)41-16-40-25/h3-16,18,20-22,28,35H,2,17,19H2,1H3,(H,36,39);2-11,16-17,19,25H,12-15,18H2,1H3,(H,34,37);2-13,15,22,32H,14,16H2,1H3,(H,31,36)(H,33,37)/t28-;25-;22-/m000/s1. The number of nitro benzene ring substituents is 1. The molecule has 1 saturated heterocycles. The number of amides is 4. The summed E-state index contributed by atoms with van der Waals surface area (Å²) in [5.74, 6) is 2.11. The summed E-state index contributed by atoms with van der Waals surface area (Å²) in [6, 6.07) is 68.5. The normalized spacial score (nSPS) is 13.1. The zero-order valence-corrected chi connectivity index (χ0v) is 65.8. The molecule has 18 rings (SSSR count). The van der Waals surface area contributed by atoms with Crippen LogP contribution >= 0.6 is 11.6 Å². The number of halogens is 1. The number of para-hydroxylation sites is 2. The zero-order chi connectivity index (χ0) is 81.9. The zero-order valence-electron chi connectivity index (χ0n) is 65.1. The average molecular weight is 1610 g/mol. The first-order chi connectivity index (χ1) is 58.1. The Bertz CT molecular complexity index is 6200. The number of imidazole rings is 4. The van der Waals surface area contributed by atoms with Crippen molar-refractivity contribution >= 4 is 85.1 Å². The number of fused-ring (bicyclic) bond motifs is 4. The second-order valence-corrected chi connectivity index (χ2v) is 29.1. The van der Waals surface area contributed by atoms with Crippen molar-refractivity contribution in [3.8, 4) is 51.0 Å². The van der Waals surface area contributed by atoms with E-state index in [1.54, 1.807) is 97.2 Å². The predicted molar refractivity (Wildman–Crippen MR) is 454 cm³/mol. The molecule has 8 aromatic heterocycles. The highest BCUT2D eigenvalue weighted by molar-refractivity contribution is 6.31. The molecule has 4 amide bonds. The molecule has 0 bridgehead atoms. The Labute approximate surface area is 687 Å². The number of rotatable bonds is 24. The molecule has 0 aliphatic carbocycles. The van der Waals surface area contributed by atoms with E-state index in [0.717, 1.165) is 118 Å². The molecule has 0 unspecified atom stereocenters. The molecule has 28 heteroatoms. The Morgan fingerprint density at radius 1 is 0.563 bits per heavy atom. The molecular formula is C91H82ClN17O10. The van der Waals surface area contributed by atoms with E-state index in [0.29, 0.717) is 69.1 Å². The number of nitrogens with zero attached hydrogens (tertiary/aromatic N) is 11. The lowest BCUT2D eigenvalue weighted by Gasteiger charge is -2.28. The fourth-order valence-electron chi connectivity index (χ4n) is 14.8. The van der Waals surface area contributed by atoms with Crippen LogP contribution in [0.1, 0.15) is 98.2 Å². The smallest absolute Gasteiger partial charge is 0.287 e. The van der Waals surface area contributed by atoms with E-state index in [2.05, 4.69) is 123 Å². The lowest BCUT2D eigenvalue weighted by Crippen LogP contribution is -2.36. The van der Waals surface area contributed by atoms with Crippen molar-refractivity contribution in [2.45, 2.75) is 57.3 Å². The lowest BCUT2D eigenvalue weighted by molar-refractivity contribution is -0.384. The molecule has 27 nitrogen and oxygen atoms in total. The number of non-ortho nitro benzene ring substituents is 1. The Balaban J connectivity index is 0.000000133. The highest BCUT2D eigenvalue weighted by atomic mass is 35.5. The number of ether oxygens (including phenoxy) is 3. The first-order valence-corrected chi connectivity index (χ1v) is 39.2. The number of aromatic amines is 2. The number of carbonyl (C=O) groups is 4. The van der Waals surface area contributed by atoms with Crippen LogP contribution < -0.4 is 35.6 Å². The number of carbonyl (C=O) groups excluding carboxylic acids is 4. The van der Waals surface area contributed by atoms with Crippen LogP contribution in [0.5, 0.6) is 11.5 Å². The van der Waals surface area contributed by atoms with Crippen LogP contribution in [-0.4, -0.2) is 115 Å². The van der Waals surface area contributed by atoms with E-state index in [1.165, 1.54) is 17.8 Å². The van der Waals surface area contributed by atoms with Gasteiger partial charge < -0.3 is 73.0 Å². The summed E-state index contributed by atoms with van der Waals surface area (Å²) in [4.78, 5) is 95.5. The van der Waals surface area contributed by atoms with Gasteiger partial charge in [0.15, 0.2) is 17.3 Å². The van der Waals surface area contributed by atoms with Gasteiger partial charge in [-0.2, -0.15) is 0 Å². The number of morpholine rings is 1. The number of pyridine rings is 1. The van der Waals surface area contributed by atoms with Gasteiger partial charge in [-0.05, 0) is 139 Å². The summed E-state index contributed by atoms with van der Waals surface area (Å²) in [6.07, 6.45) is 14.5. The topological polar surface area (TPSA) is 319 Å². The van der Waals surface area contributed by atoms with Gasteiger partial charge in [-0.25, -0.2) is 19.9 Å². The molecule has 2 aliphatic heterocycles. The summed E-state index contributed by atoms with van der Waals surface area (Å²) in [5, 5.41) is 26.5. The number of aromatic nitrogens is 11. The van der Waals surface area contributed by atoms with Gasteiger partial charge in [0.1, 0.15) is 34.4 Å². The molecule has 6 N–H and O–H groups in total. The van der Waals surface area contributed by atoms with Gasteiger partial charge in [-0.1, -0.05) is 116 Å². The van der Waals surface area contributed by atoms with Gasteiger partial charge >= 0.3 is 0 Å². The molecule has 10 heterocycles. The molecule has 0 spiro atoms. The van der Waals surface area contributed by atoms with Gasteiger partial charge in [-0.3, -0.25) is 34.3 Å². The second-order valence-electron chi connectivity index (χ2n) is 28.7. The third kappa shape index (κ3) is 18.1. The Morgan fingerprint density at radius 2 is 1.15 bits per heavy atom. The minimum Gasteiger partial charge on any atom is -0.454 e. The van der Waals surface area contributed by atoms with Gasteiger partial charge in [0.2, 0.25) is 12.7 Å². The monoisotopic (exact) mass is 1610 g/mol. The largest absolute Gasteiger partial charge is 0.454 e. The molecule has 119 heavy (non-hydrogen) atoms. The van der Waals surface area contributed by atoms with Crippen molar-refractivity contribution in [2.24, 2.45) is 14.1 Å². The highest BCUT2D eigenvalue weighted by Gasteiger charge is 2.30. The van der Waals surface area contributed by atoms with Crippen molar-refractivity contribution in [1.29, 1.82) is 0 Å². The van der Waals surface area contributed by atoms with Crippen molar-refractivity contribution in [1.82, 2.24) is 69.1 Å². The van der Waals surface area contributed by atoms with Gasteiger partial charge in [0.05, 0.1) is 84.7 Å². The number of nitrogens with one attached hydrogen (secondary N) is 6. The minimum absolute atomic E-state index is 0.0280. The number of hydrogen-bond donors (Lipinski definition) is 6. The molecule has 0 saturated carbocycles. The van der Waals surface area contributed by atoms with E-state index in [9.17, 15) is 29.3 Å². The molecule has 3 atom stereocenters. The third-order valence-electron chi connectivity index (χ3n) is 20.8. The average Bonchev–Trinajstić information content (AvgIpc) is 1.66. The van der Waals surface area contributed by atoms with Crippen LogP contribution in [-0.2, 0) is 43.0 Å². The number of H-pyrrole nitrogens is 2. The van der Waals surface area contributed by atoms with Crippen LogP contribution in [0.15, 0.2) is 272 Å². The molecule has 0 radical (unpaired) electrons. The Kier molecular flexibility index (Phi) is 23.4. The molecule has 8 aromatic carbocycles. The first kappa shape index (κ1) is 78.2. The quantitative estimate of drug-likeness (QED) is 0.0242. The maximum absolute atomic E-state index is 13.5. The van der Waals surface area contributed by atoms with Crippen molar-refractivity contribution in [3.63, 3.8) is 0 Å². The minimum atomic E-state index is -0.806. The van der Waals surface area contributed by atoms with Gasteiger partial charge in [0, 0.05) is 137 Å². The predicted octanol–water partition coefficient (Wildman–Crippen LogP) is 16.5. The van der Waals surface area contributed by atoms with E-state index in [-0.39, 0.29) is 48.4 Å². The fraction of sp³-hybridized carbons (Fsp3) is 0.176. The number of nitro groups is 1. The fourth-order valence-corrected chi connectivity index (χ4v) is 15.0. The van der Waals surface area contributed by atoms with E-state index in [4.69, 9.17) is 40.2 Å². The highest BCUT2D eigenvalue weighted by Crippen LogP contribution is 2.36. The summed E-state index contributed by atoms with van der Waals surface area (Å²) in [5.41, 5.74) is 13.4. The molecule has 598 valence electrons. The SMILES string of the molecule is CCCn1c(-c2ccc(-n3ccnc3)cc2)cnc1[C@H](Cc1ccccc1)NC(=O)c1cc2ccccc2[nH]1.Cn1c(-c2ccc(N3CCOCC3)cc2)cnc1[C@H](Cc1ccccn1)NC(=O)c1cc2cc(Cl)ccc2o1.Cn1c(-c2ccc([N+](=O)[O-])cc2)cnc1[C@H](CC(=O)Nc1ccc2c(c1)OCO2)NC(=O)c1cc2ccccc2[nH]1. The molecule has 2 aliphatic rings. The van der Waals surface area contributed by atoms with Gasteiger partial charge in [0.25, 0.3) is 23.4 Å². The first-order valence-electron chi connectivity index (χ1n) is 38.9. The van der Waals surface area contributed by atoms with Crippen molar-refractivity contribution in [2.75, 3.05) is 43.3 Å². The van der Waals surface area contributed by atoms with Crippen LogP contribution in [0.4, 0.5) is 17.1 Å². The van der Waals surface area contributed by atoms with E-state index < -0.39 is 22.9 Å².